The van der Waals surface area contributed by atoms with E-state index in [9.17, 15) is 0 Å². The van der Waals surface area contributed by atoms with Crippen LogP contribution in [0.15, 0.2) is 24.3 Å². The molecule has 1 aliphatic heterocycles. The predicted octanol–water partition coefficient (Wildman–Crippen LogP) is 0.874. The van der Waals surface area contributed by atoms with Crippen molar-refractivity contribution in [3.63, 3.8) is 0 Å². The van der Waals surface area contributed by atoms with E-state index in [1.165, 1.54) is 5.56 Å². The second-order valence-electron chi connectivity index (χ2n) is 3.99. The van der Waals surface area contributed by atoms with E-state index in [0.717, 1.165) is 31.8 Å². The molecule has 1 aliphatic rings. The molecule has 1 fully saturated rings. The molecule has 0 amide bonds. The van der Waals surface area contributed by atoms with Crippen LogP contribution in [-0.4, -0.2) is 39.0 Å². The van der Waals surface area contributed by atoms with Crippen molar-refractivity contribution in [2.24, 2.45) is 0 Å². The first-order valence-electron chi connectivity index (χ1n) is 5.44. The minimum atomic E-state index is 0.428. The zero-order valence-corrected chi connectivity index (χ0v) is 9.15. The average Bonchev–Trinajstić information content (AvgIpc) is 2.29. The highest BCUT2D eigenvalue weighted by atomic mass is 16.5. The lowest BCUT2D eigenvalue weighted by Crippen LogP contribution is -2.38. The van der Waals surface area contributed by atoms with Gasteiger partial charge in [0.15, 0.2) is 0 Å². The van der Waals surface area contributed by atoms with Crippen molar-refractivity contribution in [2.45, 2.75) is 13.0 Å². The van der Waals surface area contributed by atoms with Gasteiger partial charge in [-0.15, -0.1) is 0 Å². The molecule has 1 aromatic rings. The molecule has 2 nitrogen and oxygen atoms in total. The Kier molecular flexibility index (Phi) is 3.44. The SMILES string of the molecule is [B]c1cccc(C(C)N2CCOCC2)c1. The summed E-state index contributed by atoms with van der Waals surface area (Å²) in [7, 11) is 5.78. The number of hydrogen-bond acceptors (Lipinski definition) is 2. The maximum absolute atomic E-state index is 5.78. The third-order valence-electron chi connectivity index (χ3n) is 2.99. The van der Waals surface area contributed by atoms with Crippen LogP contribution in [0, 0.1) is 0 Å². The first-order valence-corrected chi connectivity index (χ1v) is 5.44. The van der Waals surface area contributed by atoms with E-state index >= 15 is 0 Å². The number of ether oxygens (including phenoxy) is 1. The summed E-state index contributed by atoms with van der Waals surface area (Å²) in [5.74, 6) is 0. The first kappa shape index (κ1) is 10.7. The van der Waals surface area contributed by atoms with Crippen molar-refractivity contribution in [1.29, 1.82) is 0 Å². The molecule has 15 heavy (non-hydrogen) atoms. The van der Waals surface area contributed by atoms with Crippen LogP contribution in [0.3, 0.4) is 0 Å². The summed E-state index contributed by atoms with van der Waals surface area (Å²) in [6.45, 7) is 5.92. The fourth-order valence-electron chi connectivity index (χ4n) is 1.99. The number of rotatable bonds is 2. The van der Waals surface area contributed by atoms with Crippen molar-refractivity contribution >= 4 is 13.3 Å². The molecule has 0 aromatic heterocycles. The maximum atomic E-state index is 5.78. The van der Waals surface area contributed by atoms with Gasteiger partial charge in [0.2, 0.25) is 0 Å². The molecule has 1 atom stereocenters. The molecule has 1 saturated heterocycles. The van der Waals surface area contributed by atoms with Crippen LogP contribution in [-0.2, 0) is 4.74 Å². The lowest BCUT2D eigenvalue weighted by atomic mass is 9.92. The van der Waals surface area contributed by atoms with Crippen LogP contribution in [0.2, 0.25) is 0 Å². The quantitative estimate of drug-likeness (QED) is 0.658. The molecule has 2 radical (unpaired) electrons. The van der Waals surface area contributed by atoms with Crippen LogP contribution in [0.4, 0.5) is 0 Å². The lowest BCUT2D eigenvalue weighted by molar-refractivity contribution is 0.0199. The molecule has 1 heterocycles. The lowest BCUT2D eigenvalue weighted by Gasteiger charge is -2.32. The Hall–Kier alpha value is -0.795. The molecule has 0 spiro atoms. The predicted molar refractivity (Wildman–Crippen MR) is 62.6 cm³/mol. The van der Waals surface area contributed by atoms with E-state index in [1.54, 1.807) is 0 Å². The molecule has 1 aromatic carbocycles. The van der Waals surface area contributed by atoms with E-state index < -0.39 is 0 Å². The minimum absolute atomic E-state index is 0.428. The number of morpholine rings is 1. The molecular weight excluding hydrogens is 185 g/mol. The maximum Gasteiger partial charge on any atom is 0.113 e. The highest BCUT2D eigenvalue weighted by molar-refractivity contribution is 6.32. The van der Waals surface area contributed by atoms with Gasteiger partial charge in [0.05, 0.1) is 13.2 Å². The summed E-state index contributed by atoms with van der Waals surface area (Å²) >= 11 is 0. The molecule has 0 aliphatic carbocycles. The van der Waals surface area contributed by atoms with Gasteiger partial charge in [0.25, 0.3) is 0 Å². The monoisotopic (exact) mass is 201 g/mol. The Morgan fingerprint density at radius 2 is 2.07 bits per heavy atom. The zero-order chi connectivity index (χ0) is 10.7. The van der Waals surface area contributed by atoms with Gasteiger partial charge in [0.1, 0.15) is 7.85 Å². The van der Waals surface area contributed by atoms with Crippen molar-refractivity contribution < 1.29 is 4.74 Å². The van der Waals surface area contributed by atoms with Crippen LogP contribution in [0.1, 0.15) is 18.5 Å². The van der Waals surface area contributed by atoms with Crippen molar-refractivity contribution in [3.8, 4) is 0 Å². The number of hydrogen-bond donors (Lipinski definition) is 0. The van der Waals surface area contributed by atoms with Crippen molar-refractivity contribution in [2.75, 3.05) is 26.3 Å². The highest BCUT2D eigenvalue weighted by Crippen LogP contribution is 2.19. The largest absolute Gasteiger partial charge is 0.379 e. The summed E-state index contributed by atoms with van der Waals surface area (Å²) in [5, 5.41) is 0. The van der Waals surface area contributed by atoms with Gasteiger partial charge < -0.3 is 4.74 Å². The number of nitrogens with zero attached hydrogens (tertiary/aromatic N) is 1. The summed E-state index contributed by atoms with van der Waals surface area (Å²) in [4.78, 5) is 2.43. The second-order valence-corrected chi connectivity index (χ2v) is 3.99. The van der Waals surface area contributed by atoms with Crippen LogP contribution in [0.25, 0.3) is 0 Å². The van der Waals surface area contributed by atoms with Crippen molar-refractivity contribution in [1.82, 2.24) is 4.90 Å². The molecule has 2 rings (SSSR count). The molecular formula is C12H16BNO. The van der Waals surface area contributed by atoms with E-state index in [1.807, 2.05) is 12.1 Å². The third kappa shape index (κ3) is 2.61. The van der Waals surface area contributed by atoms with Gasteiger partial charge in [-0.1, -0.05) is 29.7 Å². The van der Waals surface area contributed by atoms with Crippen molar-refractivity contribution in [3.05, 3.63) is 29.8 Å². The fourth-order valence-corrected chi connectivity index (χ4v) is 1.99. The van der Waals surface area contributed by atoms with E-state index in [2.05, 4.69) is 24.0 Å². The normalized spacial score (nSPS) is 20.1. The summed E-state index contributed by atoms with van der Waals surface area (Å²) in [5.41, 5.74) is 2.13. The Morgan fingerprint density at radius 1 is 1.33 bits per heavy atom. The van der Waals surface area contributed by atoms with Gasteiger partial charge in [0, 0.05) is 19.1 Å². The third-order valence-corrected chi connectivity index (χ3v) is 2.99. The smallest absolute Gasteiger partial charge is 0.113 e. The van der Waals surface area contributed by atoms with Crippen LogP contribution in [0.5, 0.6) is 0 Å². The summed E-state index contributed by atoms with van der Waals surface area (Å²) < 4.78 is 5.34. The van der Waals surface area contributed by atoms with Crippen LogP contribution >= 0.6 is 0 Å². The molecule has 0 saturated carbocycles. The zero-order valence-electron chi connectivity index (χ0n) is 9.15. The molecule has 3 heteroatoms. The first-order chi connectivity index (χ1) is 7.27. The van der Waals surface area contributed by atoms with Gasteiger partial charge in [-0.3, -0.25) is 4.90 Å². The van der Waals surface area contributed by atoms with Crippen LogP contribution < -0.4 is 5.46 Å². The Morgan fingerprint density at radius 3 is 2.73 bits per heavy atom. The number of benzene rings is 1. The summed E-state index contributed by atoms with van der Waals surface area (Å²) in [6, 6.07) is 8.56. The Balaban J connectivity index is 2.08. The molecule has 0 N–H and O–H groups in total. The Bertz CT molecular complexity index is 323. The molecule has 78 valence electrons. The fraction of sp³-hybridized carbons (Fsp3) is 0.500. The average molecular weight is 201 g/mol. The van der Waals surface area contributed by atoms with E-state index in [-0.39, 0.29) is 0 Å². The van der Waals surface area contributed by atoms with E-state index in [4.69, 9.17) is 12.6 Å². The van der Waals surface area contributed by atoms with Gasteiger partial charge in [-0.25, -0.2) is 0 Å². The van der Waals surface area contributed by atoms with E-state index in [0.29, 0.717) is 6.04 Å². The highest BCUT2D eigenvalue weighted by Gasteiger charge is 2.17. The van der Waals surface area contributed by atoms with Gasteiger partial charge in [-0.2, -0.15) is 0 Å². The summed E-state index contributed by atoms with van der Waals surface area (Å²) in [6.07, 6.45) is 0. The topological polar surface area (TPSA) is 12.5 Å². The molecule has 1 unspecified atom stereocenters. The van der Waals surface area contributed by atoms with Gasteiger partial charge in [-0.05, 0) is 12.5 Å². The van der Waals surface area contributed by atoms with Gasteiger partial charge >= 0.3 is 0 Å². The standard InChI is InChI=1S/C12H16BNO/c1-10(14-5-7-15-8-6-14)11-3-2-4-12(13)9-11/h2-4,9-10H,5-8H2,1H3. The Labute approximate surface area is 92.6 Å². The minimum Gasteiger partial charge on any atom is -0.379 e. The second kappa shape index (κ2) is 4.82. The molecule has 0 bridgehead atoms.